The molecule has 1 heterocycles. The topological polar surface area (TPSA) is 12.4 Å². The zero-order valence-electron chi connectivity index (χ0n) is 8.01. The molecule has 2 rings (SSSR count). The van der Waals surface area contributed by atoms with Gasteiger partial charge in [0, 0.05) is 6.21 Å². The van der Waals surface area contributed by atoms with Gasteiger partial charge in [0.25, 0.3) is 0 Å². The third-order valence-corrected chi connectivity index (χ3v) is 3.53. The first-order valence-corrected chi connectivity index (χ1v) is 4.86. The van der Waals surface area contributed by atoms with Gasteiger partial charge in [-0.25, -0.2) is 0 Å². The summed E-state index contributed by atoms with van der Waals surface area (Å²) >= 11 is 0. The van der Waals surface area contributed by atoms with Crippen LogP contribution in [-0.2, 0) is 0 Å². The minimum Gasteiger partial charge on any atom is -0.282 e. The molecule has 0 aromatic rings. The molecule has 66 valence electrons. The first-order valence-electron chi connectivity index (χ1n) is 4.86. The standard InChI is InChI=1S/C11H17N/c1-8(2)10-5-4-9(3)11(6-10)7-12-11/h7,9-10H,1,4-6H2,2-3H3. The van der Waals surface area contributed by atoms with E-state index in [0.717, 1.165) is 11.8 Å². The second-order valence-corrected chi connectivity index (χ2v) is 4.48. The highest BCUT2D eigenvalue weighted by Crippen LogP contribution is 2.46. The van der Waals surface area contributed by atoms with E-state index in [4.69, 9.17) is 0 Å². The van der Waals surface area contributed by atoms with E-state index in [1.807, 2.05) is 0 Å². The van der Waals surface area contributed by atoms with Gasteiger partial charge in [0.2, 0.25) is 0 Å². The Kier molecular flexibility index (Phi) is 1.64. The number of hydrogen-bond donors (Lipinski definition) is 0. The monoisotopic (exact) mass is 163 g/mol. The fourth-order valence-corrected chi connectivity index (χ4v) is 2.26. The van der Waals surface area contributed by atoms with Crippen molar-refractivity contribution in [2.24, 2.45) is 16.8 Å². The average molecular weight is 163 g/mol. The number of aliphatic imine (C=N–C) groups is 1. The Hall–Kier alpha value is -0.590. The van der Waals surface area contributed by atoms with Gasteiger partial charge in [-0.15, -0.1) is 0 Å². The van der Waals surface area contributed by atoms with E-state index in [0.29, 0.717) is 0 Å². The summed E-state index contributed by atoms with van der Waals surface area (Å²) < 4.78 is 0. The predicted molar refractivity (Wildman–Crippen MR) is 52.5 cm³/mol. The Morgan fingerprint density at radius 1 is 1.58 bits per heavy atom. The molecule has 1 aliphatic carbocycles. The van der Waals surface area contributed by atoms with E-state index >= 15 is 0 Å². The molecule has 0 aromatic carbocycles. The summed E-state index contributed by atoms with van der Waals surface area (Å²) in [6, 6.07) is 0. The van der Waals surface area contributed by atoms with E-state index in [9.17, 15) is 0 Å². The molecule has 0 radical (unpaired) electrons. The normalized spacial score (nSPS) is 44.8. The van der Waals surface area contributed by atoms with Crippen LogP contribution in [0.4, 0.5) is 0 Å². The quantitative estimate of drug-likeness (QED) is 0.527. The van der Waals surface area contributed by atoms with Crippen LogP contribution < -0.4 is 0 Å². The first kappa shape index (κ1) is 8.03. The minimum atomic E-state index is 0.280. The number of hydrogen-bond acceptors (Lipinski definition) is 1. The molecule has 2 aliphatic rings. The average Bonchev–Trinajstić information content (AvgIpc) is 2.76. The van der Waals surface area contributed by atoms with E-state index in [1.54, 1.807) is 0 Å². The summed E-state index contributed by atoms with van der Waals surface area (Å²) in [5.74, 6) is 1.50. The highest BCUT2D eigenvalue weighted by atomic mass is 15.0. The highest BCUT2D eigenvalue weighted by molar-refractivity contribution is 5.85. The van der Waals surface area contributed by atoms with Crippen molar-refractivity contribution in [2.75, 3.05) is 0 Å². The van der Waals surface area contributed by atoms with Crippen molar-refractivity contribution in [3.8, 4) is 0 Å². The molecule has 1 heteroatoms. The molecule has 1 aliphatic heterocycles. The van der Waals surface area contributed by atoms with Gasteiger partial charge in [0.1, 0.15) is 0 Å². The third-order valence-electron chi connectivity index (χ3n) is 3.53. The Bertz CT molecular complexity index is 233. The predicted octanol–water partition coefficient (Wildman–Crippen LogP) is 2.82. The van der Waals surface area contributed by atoms with Crippen molar-refractivity contribution in [1.29, 1.82) is 0 Å². The van der Waals surface area contributed by atoms with E-state index in [-0.39, 0.29) is 5.54 Å². The van der Waals surface area contributed by atoms with Crippen LogP contribution in [0.15, 0.2) is 17.1 Å². The lowest BCUT2D eigenvalue weighted by Gasteiger charge is -2.33. The molecule has 1 nitrogen and oxygen atoms in total. The maximum absolute atomic E-state index is 4.44. The van der Waals surface area contributed by atoms with E-state index in [2.05, 4.69) is 31.6 Å². The van der Waals surface area contributed by atoms with Crippen LogP contribution in [0, 0.1) is 11.8 Å². The van der Waals surface area contributed by atoms with Crippen molar-refractivity contribution >= 4 is 6.21 Å². The Morgan fingerprint density at radius 3 is 2.75 bits per heavy atom. The lowest BCUT2D eigenvalue weighted by molar-refractivity contribution is 0.266. The molecule has 0 saturated heterocycles. The van der Waals surface area contributed by atoms with Gasteiger partial charge in [-0.05, 0) is 38.0 Å². The van der Waals surface area contributed by atoms with Crippen LogP contribution in [0.2, 0.25) is 0 Å². The minimum absolute atomic E-state index is 0.280. The molecule has 1 spiro atoms. The largest absolute Gasteiger partial charge is 0.282 e. The molecule has 12 heavy (non-hydrogen) atoms. The smallest absolute Gasteiger partial charge is 0.0981 e. The van der Waals surface area contributed by atoms with Crippen molar-refractivity contribution in [3.05, 3.63) is 12.2 Å². The zero-order chi connectivity index (χ0) is 8.77. The van der Waals surface area contributed by atoms with E-state index in [1.165, 1.54) is 24.8 Å². The Labute approximate surface area is 74.6 Å². The van der Waals surface area contributed by atoms with Gasteiger partial charge in [0.05, 0.1) is 5.54 Å². The molecule has 1 fully saturated rings. The molecule has 0 bridgehead atoms. The van der Waals surface area contributed by atoms with Crippen molar-refractivity contribution < 1.29 is 0 Å². The molecule has 3 atom stereocenters. The van der Waals surface area contributed by atoms with Crippen molar-refractivity contribution in [1.82, 2.24) is 0 Å². The second kappa shape index (κ2) is 2.45. The van der Waals surface area contributed by atoms with Gasteiger partial charge >= 0.3 is 0 Å². The van der Waals surface area contributed by atoms with Crippen LogP contribution in [0.1, 0.15) is 33.1 Å². The van der Waals surface area contributed by atoms with Crippen LogP contribution in [0.5, 0.6) is 0 Å². The number of rotatable bonds is 1. The Morgan fingerprint density at radius 2 is 2.25 bits per heavy atom. The van der Waals surface area contributed by atoms with Gasteiger partial charge in [-0.3, -0.25) is 4.99 Å². The van der Waals surface area contributed by atoms with Crippen molar-refractivity contribution in [2.45, 2.75) is 38.6 Å². The Balaban J connectivity index is 2.04. The second-order valence-electron chi connectivity index (χ2n) is 4.48. The lowest BCUT2D eigenvalue weighted by atomic mass is 9.72. The molecule has 0 aromatic heterocycles. The highest BCUT2D eigenvalue weighted by Gasteiger charge is 2.46. The van der Waals surface area contributed by atoms with Crippen molar-refractivity contribution in [3.63, 3.8) is 0 Å². The molecular formula is C11H17N. The van der Waals surface area contributed by atoms with Crippen LogP contribution >= 0.6 is 0 Å². The number of allylic oxidation sites excluding steroid dienone is 1. The maximum Gasteiger partial charge on any atom is 0.0981 e. The lowest BCUT2D eigenvalue weighted by Crippen LogP contribution is -2.32. The maximum atomic E-state index is 4.44. The summed E-state index contributed by atoms with van der Waals surface area (Å²) in [5, 5.41) is 0. The van der Waals surface area contributed by atoms with Gasteiger partial charge in [-0.2, -0.15) is 0 Å². The SMILES string of the molecule is C=C(C)C1CCC(C)C2(C=N2)C1. The van der Waals surface area contributed by atoms with Gasteiger partial charge in [-0.1, -0.05) is 19.1 Å². The first-order chi connectivity index (χ1) is 5.64. The molecule has 3 unspecified atom stereocenters. The van der Waals surface area contributed by atoms with Crippen LogP contribution in [0.25, 0.3) is 0 Å². The van der Waals surface area contributed by atoms with Gasteiger partial charge < -0.3 is 0 Å². The molecule has 0 N–H and O–H groups in total. The summed E-state index contributed by atoms with van der Waals surface area (Å²) in [6.45, 7) is 8.51. The molecular weight excluding hydrogens is 146 g/mol. The summed E-state index contributed by atoms with van der Waals surface area (Å²) in [6.07, 6.45) is 6.01. The van der Waals surface area contributed by atoms with Crippen LogP contribution in [0.3, 0.4) is 0 Å². The van der Waals surface area contributed by atoms with Crippen LogP contribution in [-0.4, -0.2) is 11.8 Å². The summed E-state index contributed by atoms with van der Waals surface area (Å²) in [7, 11) is 0. The van der Waals surface area contributed by atoms with Gasteiger partial charge in [0.15, 0.2) is 0 Å². The third kappa shape index (κ3) is 1.12. The number of nitrogens with zero attached hydrogens (tertiary/aromatic N) is 1. The fraction of sp³-hybridized carbons (Fsp3) is 0.727. The van der Waals surface area contributed by atoms with E-state index < -0.39 is 0 Å². The molecule has 0 amide bonds. The fourth-order valence-electron chi connectivity index (χ4n) is 2.26. The summed E-state index contributed by atoms with van der Waals surface area (Å²) in [5.41, 5.74) is 1.62. The zero-order valence-corrected chi connectivity index (χ0v) is 8.01. The molecule has 1 saturated carbocycles. The summed E-state index contributed by atoms with van der Waals surface area (Å²) in [4.78, 5) is 4.44.